The van der Waals surface area contributed by atoms with Gasteiger partial charge in [0.05, 0.1) is 12.3 Å². The zero-order valence-electron chi connectivity index (χ0n) is 23.9. The SMILES string of the molecule is NCCCNCCCCNCCCNC(=O)CCCCCCS(=O)(=O)c1ccc(CNC(=O)c2ccc(Cl)cc2)s1. The van der Waals surface area contributed by atoms with Crippen molar-refractivity contribution in [2.75, 3.05) is 45.0 Å². The summed E-state index contributed by atoms with van der Waals surface area (Å²) in [5.41, 5.74) is 5.95. The van der Waals surface area contributed by atoms with Crippen LogP contribution in [0.2, 0.25) is 5.02 Å². The first-order valence-corrected chi connectivity index (χ1v) is 17.4. The van der Waals surface area contributed by atoms with Gasteiger partial charge in [0.15, 0.2) is 9.84 Å². The third-order valence-corrected chi connectivity index (χ3v) is 10.1. The van der Waals surface area contributed by atoms with Gasteiger partial charge in [0.1, 0.15) is 4.21 Å². The van der Waals surface area contributed by atoms with Gasteiger partial charge in [0.25, 0.3) is 5.91 Å². The second-order valence-corrected chi connectivity index (χ2v) is 13.9. The van der Waals surface area contributed by atoms with E-state index >= 15 is 0 Å². The topological polar surface area (TPSA) is 142 Å². The minimum Gasteiger partial charge on any atom is -0.356 e. The van der Waals surface area contributed by atoms with Crippen LogP contribution in [0.25, 0.3) is 0 Å². The first-order chi connectivity index (χ1) is 19.8. The van der Waals surface area contributed by atoms with Crippen LogP contribution in [-0.2, 0) is 21.2 Å². The minimum absolute atomic E-state index is 0.0513. The Hall–Kier alpha value is -2.02. The largest absolute Gasteiger partial charge is 0.356 e. The van der Waals surface area contributed by atoms with E-state index in [0.29, 0.717) is 34.2 Å². The van der Waals surface area contributed by atoms with Crippen LogP contribution in [0.4, 0.5) is 0 Å². The zero-order chi connectivity index (χ0) is 29.8. The summed E-state index contributed by atoms with van der Waals surface area (Å²) >= 11 is 7.03. The Morgan fingerprint density at radius 1 is 0.756 bits per heavy atom. The van der Waals surface area contributed by atoms with Gasteiger partial charge < -0.3 is 27.0 Å². The summed E-state index contributed by atoms with van der Waals surface area (Å²) in [6.07, 6.45) is 7.53. The normalized spacial score (nSPS) is 11.5. The minimum atomic E-state index is -3.37. The van der Waals surface area contributed by atoms with Crippen molar-refractivity contribution in [1.29, 1.82) is 0 Å². The molecular weight excluding hydrogens is 582 g/mol. The number of hydrogen-bond acceptors (Lipinski definition) is 8. The summed E-state index contributed by atoms with van der Waals surface area (Å²) in [4.78, 5) is 25.0. The number of rotatable bonds is 23. The highest BCUT2D eigenvalue weighted by atomic mass is 35.5. The number of thiophene rings is 1. The molecule has 0 saturated carbocycles. The molecule has 1 heterocycles. The molecule has 2 aromatic rings. The average Bonchev–Trinajstić information content (AvgIpc) is 3.45. The van der Waals surface area contributed by atoms with Crippen molar-refractivity contribution >= 4 is 44.6 Å². The molecule has 1 aromatic carbocycles. The van der Waals surface area contributed by atoms with Gasteiger partial charge in [-0.15, -0.1) is 11.3 Å². The van der Waals surface area contributed by atoms with E-state index < -0.39 is 9.84 Å². The molecule has 0 aliphatic rings. The number of hydrogen-bond donors (Lipinski definition) is 5. The molecule has 12 heteroatoms. The molecular formula is C29H46ClN5O4S2. The lowest BCUT2D eigenvalue weighted by Crippen LogP contribution is -2.27. The fourth-order valence-corrected chi connectivity index (χ4v) is 6.97. The summed E-state index contributed by atoms with van der Waals surface area (Å²) in [5, 5.41) is 13.1. The van der Waals surface area contributed by atoms with Crippen molar-refractivity contribution in [2.24, 2.45) is 5.73 Å². The van der Waals surface area contributed by atoms with Crippen LogP contribution < -0.4 is 27.0 Å². The van der Waals surface area contributed by atoms with Crippen LogP contribution in [0.1, 0.15) is 73.0 Å². The van der Waals surface area contributed by atoms with Crippen molar-refractivity contribution in [1.82, 2.24) is 21.3 Å². The Kier molecular flexibility index (Phi) is 17.8. The van der Waals surface area contributed by atoms with E-state index in [1.165, 1.54) is 11.3 Å². The third-order valence-electron chi connectivity index (χ3n) is 6.41. The Bertz CT molecular complexity index is 1130. The van der Waals surface area contributed by atoms with E-state index in [-0.39, 0.29) is 24.1 Å². The maximum Gasteiger partial charge on any atom is 0.251 e. The molecule has 2 amide bonds. The molecule has 9 nitrogen and oxygen atoms in total. The van der Waals surface area contributed by atoms with Crippen molar-refractivity contribution < 1.29 is 18.0 Å². The van der Waals surface area contributed by atoms with Gasteiger partial charge in [0.2, 0.25) is 5.91 Å². The Morgan fingerprint density at radius 3 is 2.12 bits per heavy atom. The van der Waals surface area contributed by atoms with E-state index in [4.69, 9.17) is 17.3 Å². The monoisotopic (exact) mass is 627 g/mol. The summed E-state index contributed by atoms with van der Waals surface area (Å²) < 4.78 is 25.7. The van der Waals surface area contributed by atoms with Gasteiger partial charge in [-0.1, -0.05) is 24.4 Å². The fraction of sp³-hybridized carbons (Fsp3) is 0.586. The van der Waals surface area contributed by atoms with Gasteiger partial charge in [-0.25, -0.2) is 8.42 Å². The van der Waals surface area contributed by atoms with Gasteiger partial charge in [-0.05, 0) is 108 Å². The number of benzene rings is 1. The van der Waals surface area contributed by atoms with Crippen LogP contribution in [0, 0.1) is 0 Å². The molecule has 2 rings (SSSR count). The molecule has 0 bridgehead atoms. The number of sulfone groups is 1. The lowest BCUT2D eigenvalue weighted by molar-refractivity contribution is -0.121. The molecule has 0 unspecified atom stereocenters. The third kappa shape index (κ3) is 15.7. The second-order valence-electron chi connectivity index (χ2n) is 9.95. The van der Waals surface area contributed by atoms with Crippen molar-refractivity contribution in [3.63, 3.8) is 0 Å². The number of carbonyl (C=O) groups is 2. The predicted molar refractivity (Wildman–Crippen MR) is 168 cm³/mol. The molecule has 1 aromatic heterocycles. The lowest BCUT2D eigenvalue weighted by Gasteiger charge is -2.07. The first kappa shape index (κ1) is 35.2. The maximum absolute atomic E-state index is 12.7. The Balaban J connectivity index is 1.48. The van der Waals surface area contributed by atoms with Crippen LogP contribution >= 0.6 is 22.9 Å². The fourth-order valence-electron chi connectivity index (χ4n) is 4.03. The maximum atomic E-state index is 12.7. The van der Waals surface area contributed by atoms with Gasteiger partial charge in [-0.3, -0.25) is 9.59 Å². The molecule has 6 N–H and O–H groups in total. The molecule has 0 atom stereocenters. The number of carbonyl (C=O) groups excluding carboxylic acids is 2. The number of unbranched alkanes of at least 4 members (excludes halogenated alkanes) is 4. The summed E-state index contributed by atoms with van der Waals surface area (Å²) in [5.74, 6) is -0.112. The van der Waals surface area contributed by atoms with E-state index in [1.807, 2.05) is 0 Å². The molecule has 41 heavy (non-hydrogen) atoms. The van der Waals surface area contributed by atoms with Crippen LogP contribution in [0.5, 0.6) is 0 Å². The number of halogens is 1. The lowest BCUT2D eigenvalue weighted by atomic mass is 10.1. The Labute approximate surface area is 254 Å². The second kappa shape index (κ2) is 20.8. The van der Waals surface area contributed by atoms with E-state index in [2.05, 4.69) is 21.3 Å². The number of nitrogens with two attached hydrogens (primary N) is 1. The van der Waals surface area contributed by atoms with Crippen LogP contribution in [-0.4, -0.2) is 65.3 Å². The van der Waals surface area contributed by atoms with E-state index in [9.17, 15) is 18.0 Å². The van der Waals surface area contributed by atoms with Crippen molar-refractivity contribution in [3.8, 4) is 0 Å². The predicted octanol–water partition coefficient (Wildman–Crippen LogP) is 3.87. The van der Waals surface area contributed by atoms with Gasteiger partial charge in [-0.2, -0.15) is 0 Å². The van der Waals surface area contributed by atoms with Crippen LogP contribution in [0.3, 0.4) is 0 Å². The van der Waals surface area contributed by atoms with E-state index in [0.717, 1.165) is 82.5 Å². The standard InChI is InChI=1S/C29H46ClN5O4S2/c30-25-12-10-24(11-13-25)29(37)35-23-26-14-15-28(40-26)41(38,39)22-6-2-1-3-9-27(36)34-21-8-20-33-18-5-4-17-32-19-7-16-31/h10-15,32-33H,1-9,16-23,31H2,(H,34,36)(H,35,37). The zero-order valence-corrected chi connectivity index (χ0v) is 26.3. The molecule has 0 spiro atoms. The van der Waals surface area contributed by atoms with Crippen molar-refractivity contribution in [2.45, 2.75) is 68.5 Å². The highest BCUT2D eigenvalue weighted by Gasteiger charge is 2.17. The number of amides is 2. The van der Waals surface area contributed by atoms with E-state index in [1.54, 1.807) is 36.4 Å². The van der Waals surface area contributed by atoms with Crippen LogP contribution in [0.15, 0.2) is 40.6 Å². The molecule has 0 aliphatic heterocycles. The number of nitrogens with one attached hydrogen (secondary N) is 4. The highest BCUT2D eigenvalue weighted by molar-refractivity contribution is 7.93. The highest BCUT2D eigenvalue weighted by Crippen LogP contribution is 2.24. The van der Waals surface area contributed by atoms with Gasteiger partial charge in [0, 0.05) is 28.4 Å². The van der Waals surface area contributed by atoms with Crippen molar-refractivity contribution in [3.05, 3.63) is 51.9 Å². The quantitative estimate of drug-likeness (QED) is 0.118. The summed E-state index contributed by atoms with van der Waals surface area (Å²) in [7, 11) is -3.37. The first-order valence-electron chi connectivity index (χ1n) is 14.6. The molecule has 0 aliphatic carbocycles. The Morgan fingerprint density at radius 2 is 1.41 bits per heavy atom. The van der Waals surface area contributed by atoms with Gasteiger partial charge >= 0.3 is 0 Å². The molecule has 0 saturated heterocycles. The molecule has 0 fully saturated rings. The summed E-state index contributed by atoms with van der Waals surface area (Å²) in [6, 6.07) is 9.92. The molecule has 230 valence electrons. The average molecular weight is 628 g/mol. The smallest absolute Gasteiger partial charge is 0.251 e. The summed E-state index contributed by atoms with van der Waals surface area (Å²) in [6.45, 7) is 5.54. The molecule has 0 radical (unpaired) electrons.